The molecule has 0 radical (unpaired) electrons. The van der Waals surface area contributed by atoms with Crippen LogP contribution in [0.25, 0.3) is 0 Å². The van der Waals surface area contributed by atoms with Gasteiger partial charge in [-0.15, -0.1) is 0 Å². The maximum Gasteiger partial charge on any atom is 0.243 e. The Balaban J connectivity index is 1.75. The molecule has 1 aromatic rings. The van der Waals surface area contributed by atoms with Gasteiger partial charge in [0.2, 0.25) is 15.9 Å². The summed E-state index contributed by atoms with van der Waals surface area (Å²) >= 11 is 0. The van der Waals surface area contributed by atoms with E-state index in [1.54, 1.807) is 23.1 Å². The number of amides is 1. The molecule has 2 fully saturated rings. The van der Waals surface area contributed by atoms with Crippen LogP contribution in [0, 0.1) is 5.41 Å². The molecule has 2 atom stereocenters. The molecule has 1 aliphatic carbocycles. The van der Waals surface area contributed by atoms with Crippen molar-refractivity contribution >= 4 is 21.6 Å². The lowest BCUT2D eigenvalue weighted by Gasteiger charge is -2.33. The lowest BCUT2D eigenvalue weighted by molar-refractivity contribution is -0.120. The highest BCUT2D eigenvalue weighted by molar-refractivity contribution is 7.89. The van der Waals surface area contributed by atoms with E-state index in [0.29, 0.717) is 24.7 Å². The molecule has 1 aromatic carbocycles. The number of para-hydroxylation sites is 1. The first-order chi connectivity index (χ1) is 13.2. The third-order valence-corrected chi connectivity index (χ3v) is 7.70. The van der Waals surface area contributed by atoms with Gasteiger partial charge in [0.15, 0.2) is 0 Å². The molecule has 4 rings (SSSR count). The van der Waals surface area contributed by atoms with Crippen LogP contribution >= 0.6 is 0 Å². The van der Waals surface area contributed by atoms with Gasteiger partial charge in [-0.1, -0.05) is 45.7 Å². The third-order valence-electron chi connectivity index (χ3n) is 6.16. The molecular weight excluding hydrogens is 374 g/mol. The smallest absolute Gasteiger partial charge is 0.243 e. The number of fused-ring (bicyclic) bond motifs is 2. The summed E-state index contributed by atoms with van der Waals surface area (Å²) in [6, 6.07) is 6.97. The minimum atomic E-state index is -3.66. The van der Waals surface area contributed by atoms with Crippen molar-refractivity contribution in [3.8, 4) is 0 Å². The van der Waals surface area contributed by atoms with Gasteiger partial charge >= 0.3 is 0 Å². The molecular formula is C21H31N3O3S. The molecule has 0 spiro atoms. The van der Waals surface area contributed by atoms with Crippen LogP contribution in [0.2, 0.25) is 0 Å². The van der Waals surface area contributed by atoms with E-state index in [1.165, 1.54) is 25.7 Å². The van der Waals surface area contributed by atoms with E-state index >= 15 is 0 Å². The first-order valence-electron chi connectivity index (χ1n) is 10.3. The summed E-state index contributed by atoms with van der Waals surface area (Å²) < 4.78 is 29.0. The van der Waals surface area contributed by atoms with Crippen molar-refractivity contribution in [2.24, 2.45) is 5.41 Å². The van der Waals surface area contributed by atoms with Crippen LogP contribution in [0.4, 0.5) is 5.69 Å². The Morgan fingerprint density at radius 3 is 2.50 bits per heavy atom. The number of hydrogen-bond acceptors (Lipinski definition) is 4. The molecule has 0 bridgehead atoms. The first kappa shape index (κ1) is 19.9. The van der Waals surface area contributed by atoms with Gasteiger partial charge in [-0.25, -0.2) is 13.1 Å². The number of likely N-dealkylation sites (tertiary alicyclic amines) is 1. The summed E-state index contributed by atoms with van der Waals surface area (Å²) in [6.07, 6.45) is 5.18. The molecule has 1 amide bonds. The van der Waals surface area contributed by atoms with E-state index in [-0.39, 0.29) is 28.3 Å². The van der Waals surface area contributed by atoms with Gasteiger partial charge in [0.1, 0.15) is 4.90 Å². The first-order valence-corrected chi connectivity index (χ1v) is 11.8. The van der Waals surface area contributed by atoms with Crippen molar-refractivity contribution in [1.82, 2.24) is 9.62 Å². The van der Waals surface area contributed by atoms with Gasteiger partial charge < -0.3 is 4.90 Å². The fraction of sp³-hybridized carbons (Fsp3) is 0.667. The van der Waals surface area contributed by atoms with Gasteiger partial charge in [-0.2, -0.15) is 0 Å². The third kappa shape index (κ3) is 3.72. The largest absolute Gasteiger partial charge is 0.305 e. The Morgan fingerprint density at radius 1 is 1.14 bits per heavy atom. The molecule has 1 N–H and O–H groups in total. The normalized spacial score (nSPS) is 28.0. The van der Waals surface area contributed by atoms with Gasteiger partial charge in [-0.3, -0.25) is 9.69 Å². The average molecular weight is 406 g/mol. The Bertz CT molecular complexity index is 856. The molecule has 3 aliphatic rings. The predicted octanol–water partition coefficient (Wildman–Crippen LogP) is 2.74. The number of rotatable bonds is 2. The van der Waals surface area contributed by atoms with E-state index in [1.807, 2.05) is 26.8 Å². The summed E-state index contributed by atoms with van der Waals surface area (Å²) in [5, 5.41) is 0. The molecule has 7 heteroatoms. The van der Waals surface area contributed by atoms with Crippen molar-refractivity contribution in [3.05, 3.63) is 24.3 Å². The van der Waals surface area contributed by atoms with Crippen LogP contribution < -0.4 is 9.62 Å². The fourth-order valence-electron chi connectivity index (χ4n) is 4.94. The van der Waals surface area contributed by atoms with Crippen LogP contribution in [0.15, 0.2) is 29.2 Å². The molecule has 1 saturated heterocycles. The number of benzene rings is 1. The predicted molar refractivity (Wildman–Crippen MR) is 110 cm³/mol. The monoisotopic (exact) mass is 405 g/mol. The fourth-order valence-corrected chi connectivity index (χ4v) is 6.40. The maximum absolute atomic E-state index is 13.4. The van der Waals surface area contributed by atoms with Crippen LogP contribution in [-0.2, 0) is 14.8 Å². The zero-order valence-electron chi connectivity index (χ0n) is 17.0. The standard InChI is InChI=1S/C21H31N3O3S/c1-21(2,3)12-20(25)24-17-10-6-7-11-19(17)28(26,27)22-16-13-23(14-18(16)24)15-8-4-5-9-15/h6-7,10-11,15-16,18,22H,4-5,8-9,12-14H2,1-3H3. The second-order valence-corrected chi connectivity index (χ2v) is 11.3. The summed E-state index contributed by atoms with van der Waals surface area (Å²) in [7, 11) is -3.66. The van der Waals surface area contributed by atoms with Crippen LogP contribution in [0.1, 0.15) is 52.9 Å². The number of hydrogen-bond donors (Lipinski definition) is 1. The van der Waals surface area contributed by atoms with Gasteiger partial charge in [0.25, 0.3) is 0 Å². The zero-order chi connectivity index (χ0) is 20.1. The number of carbonyl (C=O) groups is 1. The number of nitrogens with zero attached hydrogens (tertiary/aromatic N) is 2. The van der Waals surface area contributed by atoms with E-state index < -0.39 is 10.0 Å². The number of nitrogens with one attached hydrogen (secondary N) is 1. The molecule has 6 nitrogen and oxygen atoms in total. The quantitative estimate of drug-likeness (QED) is 0.821. The Labute approximate surface area is 168 Å². The molecule has 2 heterocycles. The van der Waals surface area contributed by atoms with Gasteiger partial charge in [-0.05, 0) is 30.4 Å². The summed E-state index contributed by atoms with van der Waals surface area (Å²) in [6.45, 7) is 7.52. The topological polar surface area (TPSA) is 69.7 Å². The second-order valence-electron chi connectivity index (χ2n) is 9.66. The number of sulfonamides is 1. The Kier molecular flexibility index (Phi) is 5.04. The lowest BCUT2D eigenvalue weighted by atomic mass is 9.91. The molecule has 28 heavy (non-hydrogen) atoms. The molecule has 1 saturated carbocycles. The number of anilines is 1. The molecule has 0 aromatic heterocycles. The molecule has 2 unspecified atom stereocenters. The van der Waals surface area contributed by atoms with Crippen LogP contribution in [0.3, 0.4) is 0 Å². The highest BCUT2D eigenvalue weighted by Gasteiger charge is 2.47. The maximum atomic E-state index is 13.4. The molecule has 154 valence electrons. The van der Waals surface area contributed by atoms with Crippen molar-refractivity contribution in [2.75, 3.05) is 18.0 Å². The zero-order valence-corrected chi connectivity index (χ0v) is 17.8. The minimum absolute atomic E-state index is 0.00196. The lowest BCUT2D eigenvalue weighted by Crippen LogP contribution is -2.51. The Morgan fingerprint density at radius 2 is 1.82 bits per heavy atom. The van der Waals surface area contributed by atoms with E-state index in [4.69, 9.17) is 0 Å². The summed E-state index contributed by atoms with van der Waals surface area (Å²) in [5.74, 6) is 0.00196. The molecule has 2 aliphatic heterocycles. The summed E-state index contributed by atoms with van der Waals surface area (Å²) in [4.78, 5) is 17.8. The SMILES string of the molecule is CC(C)(C)CC(=O)N1c2ccccc2S(=O)(=O)NC2CN(C3CCCC3)CC21. The van der Waals surface area contributed by atoms with Crippen LogP contribution in [-0.4, -0.2) is 50.4 Å². The summed E-state index contributed by atoms with van der Waals surface area (Å²) in [5.41, 5.74) is 0.356. The number of carbonyl (C=O) groups excluding carboxylic acids is 1. The highest BCUT2D eigenvalue weighted by atomic mass is 32.2. The van der Waals surface area contributed by atoms with Crippen molar-refractivity contribution in [2.45, 2.75) is 75.9 Å². The van der Waals surface area contributed by atoms with E-state index in [9.17, 15) is 13.2 Å². The minimum Gasteiger partial charge on any atom is -0.305 e. The van der Waals surface area contributed by atoms with Gasteiger partial charge in [0.05, 0.1) is 17.8 Å². The van der Waals surface area contributed by atoms with Crippen molar-refractivity contribution < 1.29 is 13.2 Å². The van der Waals surface area contributed by atoms with Gasteiger partial charge in [0, 0.05) is 25.6 Å². The second kappa shape index (κ2) is 7.11. The average Bonchev–Trinajstić information content (AvgIpc) is 3.22. The van der Waals surface area contributed by atoms with E-state index in [0.717, 1.165) is 6.54 Å². The van der Waals surface area contributed by atoms with Crippen molar-refractivity contribution in [1.29, 1.82) is 0 Å². The van der Waals surface area contributed by atoms with E-state index in [2.05, 4.69) is 9.62 Å². The Hall–Kier alpha value is -1.44. The van der Waals surface area contributed by atoms with Crippen LogP contribution in [0.5, 0.6) is 0 Å². The highest BCUT2D eigenvalue weighted by Crippen LogP contribution is 2.37. The van der Waals surface area contributed by atoms with Crippen molar-refractivity contribution in [3.63, 3.8) is 0 Å².